The van der Waals surface area contributed by atoms with Crippen LogP contribution in [-0.4, -0.2) is 38.7 Å². The molecule has 9 nitrogen and oxygen atoms in total. The van der Waals surface area contributed by atoms with Crippen molar-refractivity contribution in [1.82, 2.24) is 24.6 Å². The number of halogens is 2. The Kier molecular flexibility index (Phi) is 5.50. The molecule has 0 radical (unpaired) electrons. The van der Waals surface area contributed by atoms with Gasteiger partial charge in [-0.3, -0.25) is 14.4 Å². The van der Waals surface area contributed by atoms with Crippen LogP contribution in [0.3, 0.4) is 0 Å². The number of rotatable bonds is 4. The van der Waals surface area contributed by atoms with Gasteiger partial charge >= 0.3 is 0 Å². The second-order valence-corrected chi connectivity index (χ2v) is 8.69. The molecule has 2 aromatic heterocycles. The number of benzene rings is 2. The van der Waals surface area contributed by atoms with E-state index in [-0.39, 0.29) is 34.5 Å². The second kappa shape index (κ2) is 8.50. The molecule has 3 N–H and O–H groups in total. The number of imidazole rings is 1. The van der Waals surface area contributed by atoms with Gasteiger partial charge in [0.15, 0.2) is 5.82 Å². The van der Waals surface area contributed by atoms with Gasteiger partial charge in [0.05, 0.1) is 16.4 Å². The van der Waals surface area contributed by atoms with E-state index < -0.39 is 29.6 Å². The normalized spacial score (nSPS) is 15.0. The molecular weight excluding hydrogens is 483 g/mol. The highest BCUT2D eigenvalue weighted by Crippen LogP contribution is 2.36. The summed E-state index contributed by atoms with van der Waals surface area (Å²) >= 11 is 7.50. The first-order valence-corrected chi connectivity index (χ1v) is 11.2. The molecule has 1 atom stereocenters. The number of anilines is 1. The number of hydrogen-bond acceptors (Lipinski definition) is 6. The van der Waals surface area contributed by atoms with Gasteiger partial charge in [-0.2, -0.15) is 4.37 Å². The lowest BCUT2D eigenvalue weighted by molar-refractivity contribution is -0.123. The highest BCUT2D eigenvalue weighted by atomic mass is 35.5. The van der Waals surface area contributed by atoms with E-state index in [0.717, 1.165) is 4.70 Å². The van der Waals surface area contributed by atoms with Gasteiger partial charge in [0, 0.05) is 23.0 Å². The molecule has 0 bridgehead atoms. The molecule has 12 heteroatoms. The van der Waals surface area contributed by atoms with E-state index in [1.54, 1.807) is 12.1 Å². The first kappa shape index (κ1) is 22.0. The molecule has 0 saturated heterocycles. The van der Waals surface area contributed by atoms with Gasteiger partial charge in [-0.1, -0.05) is 29.8 Å². The summed E-state index contributed by atoms with van der Waals surface area (Å²) in [6.07, 6.45) is 0. The fourth-order valence-corrected chi connectivity index (χ4v) is 4.89. The molecule has 0 unspecified atom stereocenters. The molecule has 4 aromatic rings. The Morgan fingerprint density at radius 1 is 1.24 bits per heavy atom. The Morgan fingerprint density at radius 2 is 2.03 bits per heavy atom. The molecule has 172 valence electrons. The van der Waals surface area contributed by atoms with Crippen molar-refractivity contribution in [3.8, 4) is 0 Å². The number of hydrogen-bond donors (Lipinski definition) is 3. The lowest BCUT2D eigenvalue weighted by Crippen LogP contribution is -2.41. The number of fused-ring (bicyclic) bond motifs is 2. The monoisotopic (exact) mass is 498 g/mol. The number of amides is 3. The zero-order valence-electron chi connectivity index (χ0n) is 17.6. The largest absolute Gasteiger partial charge is 0.352 e. The Balaban J connectivity index is 1.64. The van der Waals surface area contributed by atoms with Gasteiger partial charge in [-0.15, -0.1) is 0 Å². The van der Waals surface area contributed by atoms with E-state index in [4.69, 9.17) is 11.6 Å². The van der Waals surface area contributed by atoms with Crippen LogP contribution in [0.15, 0.2) is 42.5 Å². The maximum atomic E-state index is 14.1. The van der Waals surface area contributed by atoms with Crippen LogP contribution in [0.5, 0.6) is 0 Å². The molecule has 1 aliphatic rings. The lowest BCUT2D eigenvalue weighted by atomic mass is 10.0. The molecule has 3 heterocycles. The lowest BCUT2D eigenvalue weighted by Gasteiger charge is -2.28. The van der Waals surface area contributed by atoms with Crippen molar-refractivity contribution in [2.24, 2.45) is 0 Å². The molecule has 1 aliphatic heterocycles. The van der Waals surface area contributed by atoms with Crippen molar-refractivity contribution in [3.63, 3.8) is 0 Å². The predicted molar refractivity (Wildman–Crippen MR) is 125 cm³/mol. The van der Waals surface area contributed by atoms with Crippen LogP contribution in [0.2, 0.25) is 5.02 Å². The van der Waals surface area contributed by atoms with Gasteiger partial charge in [-0.05, 0) is 35.8 Å². The fourth-order valence-electron chi connectivity index (χ4n) is 3.89. The van der Waals surface area contributed by atoms with E-state index in [1.165, 1.54) is 41.3 Å². The number of carbonyl (C=O) groups excluding carboxylic acids is 3. The van der Waals surface area contributed by atoms with Crippen molar-refractivity contribution in [2.45, 2.75) is 12.6 Å². The van der Waals surface area contributed by atoms with E-state index in [0.29, 0.717) is 11.1 Å². The molecular formula is C22H16ClFN6O3S. The summed E-state index contributed by atoms with van der Waals surface area (Å²) in [7, 11) is 1.42. The van der Waals surface area contributed by atoms with Gasteiger partial charge in [0.25, 0.3) is 11.8 Å². The van der Waals surface area contributed by atoms with Crippen molar-refractivity contribution >= 4 is 56.8 Å². The Bertz CT molecular complexity index is 1480. The summed E-state index contributed by atoms with van der Waals surface area (Å²) in [4.78, 5) is 42.5. The van der Waals surface area contributed by atoms with Crippen molar-refractivity contribution < 1.29 is 18.8 Å². The van der Waals surface area contributed by atoms with E-state index in [2.05, 4.69) is 25.3 Å². The van der Waals surface area contributed by atoms with Crippen LogP contribution in [0.1, 0.15) is 38.4 Å². The van der Waals surface area contributed by atoms with Crippen molar-refractivity contribution in [3.05, 3.63) is 76.1 Å². The second-order valence-electron chi connectivity index (χ2n) is 7.48. The van der Waals surface area contributed by atoms with Crippen LogP contribution >= 0.6 is 23.1 Å². The smallest absolute Gasteiger partial charge is 0.287 e. The van der Waals surface area contributed by atoms with Crippen LogP contribution in [0.25, 0.3) is 10.1 Å². The minimum absolute atomic E-state index is 0.0333. The maximum Gasteiger partial charge on any atom is 0.287 e. The minimum Gasteiger partial charge on any atom is -0.352 e. The van der Waals surface area contributed by atoms with Crippen molar-refractivity contribution in [1.29, 1.82) is 0 Å². The van der Waals surface area contributed by atoms with E-state index in [9.17, 15) is 18.8 Å². The highest BCUT2D eigenvalue weighted by molar-refractivity contribution is 7.13. The van der Waals surface area contributed by atoms with Gasteiger partial charge in [0.1, 0.15) is 18.1 Å². The number of nitrogens with one attached hydrogen (secondary N) is 3. The van der Waals surface area contributed by atoms with Crippen molar-refractivity contribution in [2.75, 3.05) is 12.4 Å². The Labute approximate surface area is 201 Å². The fraction of sp³-hybridized carbons (Fsp3) is 0.136. The summed E-state index contributed by atoms with van der Waals surface area (Å²) in [6.45, 7) is -0.218. The number of nitrogens with zero attached hydrogens (tertiary/aromatic N) is 3. The number of carbonyl (C=O) groups is 3. The predicted octanol–water partition coefficient (Wildman–Crippen LogP) is 3.12. The standard InChI is InChI=1S/C22H16ClFN6O3S/c1-25-22(33)20-27-19(28-21(32)17-11-4-2-3-5-14(11)34-29-17)18-16(26-15(31)9-30(18)20)12-8-10(24)6-7-13(12)23/h2-8,16H,9H2,1H3,(H,25,33)(H,26,31)(H,28,32)/t16-/m1/s1. The zero-order chi connectivity index (χ0) is 24.0. The van der Waals surface area contributed by atoms with Crippen LogP contribution in [-0.2, 0) is 11.3 Å². The molecule has 3 amide bonds. The average Bonchev–Trinajstić information content (AvgIpc) is 3.41. The molecule has 5 rings (SSSR count). The summed E-state index contributed by atoms with van der Waals surface area (Å²) in [5.41, 5.74) is 0.747. The first-order chi connectivity index (χ1) is 16.4. The maximum absolute atomic E-state index is 14.1. The van der Waals surface area contributed by atoms with E-state index in [1.807, 2.05) is 12.1 Å². The third-order valence-electron chi connectivity index (χ3n) is 5.41. The molecule has 0 fully saturated rings. The first-order valence-electron chi connectivity index (χ1n) is 10.1. The van der Waals surface area contributed by atoms with Crippen LogP contribution < -0.4 is 16.0 Å². The Morgan fingerprint density at radius 3 is 2.82 bits per heavy atom. The molecule has 0 aliphatic carbocycles. The zero-order valence-corrected chi connectivity index (χ0v) is 19.1. The highest BCUT2D eigenvalue weighted by Gasteiger charge is 2.36. The molecule has 34 heavy (non-hydrogen) atoms. The summed E-state index contributed by atoms with van der Waals surface area (Å²) in [6, 6.07) is 10.1. The summed E-state index contributed by atoms with van der Waals surface area (Å²) in [5.74, 6) is -2.13. The summed E-state index contributed by atoms with van der Waals surface area (Å²) in [5, 5.41) is 8.82. The Hall–Kier alpha value is -3.83. The third-order valence-corrected chi connectivity index (χ3v) is 6.58. The molecule has 0 saturated carbocycles. The van der Waals surface area contributed by atoms with Crippen LogP contribution in [0, 0.1) is 5.82 Å². The summed E-state index contributed by atoms with van der Waals surface area (Å²) < 4.78 is 20.5. The average molecular weight is 499 g/mol. The quantitative estimate of drug-likeness (QED) is 0.399. The minimum atomic E-state index is -0.960. The van der Waals surface area contributed by atoms with Gasteiger partial charge in [-0.25, -0.2) is 9.37 Å². The number of aromatic nitrogens is 3. The molecule has 2 aromatic carbocycles. The topological polar surface area (TPSA) is 118 Å². The van der Waals surface area contributed by atoms with E-state index >= 15 is 0 Å². The van der Waals surface area contributed by atoms with Gasteiger partial charge < -0.3 is 20.5 Å². The van der Waals surface area contributed by atoms with Gasteiger partial charge in [0.2, 0.25) is 11.7 Å². The molecule has 0 spiro atoms. The SMILES string of the molecule is CNC(=O)c1nc(NC(=O)c2nsc3ccccc23)c2n1CC(=O)N[C@@H]2c1cc(F)ccc1Cl. The third kappa shape index (κ3) is 3.68. The van der Waals surface area contributed by atoms with Crippen LogP contribution in [0.4, 0.5) is 10.2 Å².